The lowest BCUT2D eigenvalue weighted by Crippen LogP contribution is -2.35. The highest BCUT2D eigenvalue weighted by atomic mass is 127. The van der Waals surface area contributed by atoms with Crippen molar-refractivity contribution >= 4 is 46.7 Å². The van der Waals surface area contributed by atoms with Crippen molar-refractivity contribution in [1.29, 1.82) is 0 Å². The number of rotatable bonds is 8. The number of anilines is 1. The van der Waals surface area contributed by atoms with E-state index in [0.29, 0.717) is 25.6 Å². The van der Waals surface area contributed by atoms with E-state index in [2.05, 4.69) is 32.7 Å². The summed E-state index contributed by atoms with van der Waals surface area (Å²) in [6, 6.07) is 20.1. The number of fused-ring (bicyclic) bond motifs is 1. The summed E-state index contributed by atoms with van der Waals surface area (Å²) < 4.78 is 5.15. The fraction of sp³-hybridized carbons (Fsp3) is 0.238. The summed E-state index contributed by atoms with van der Waals surface area (Å²) in [4.78, 5) is 8.93. The van der Waals surface area contributed by atoms with E-state index in [1.165, 1.54) is 5.56 Å². The summed E-state index contributed by atoms with van der Waals surface area (Å²) in [5, 5.41) is 7.53. The Morgan fingerprint density at radius 2 is 1.82 bits per heavy atom. The molecule has 28 heavy (non-hydrogen) atoms. The third-order valence-electron chi connectivity index (χ3n) is 4.18. The fourth-order valence-corrected chi connectivity index (χ4v) is 2.70. The van der Waals surface area contributed by atoms with Gasteiger partial charge in [0.25, 0.3) is 0 Å². The van der Waals surface area contributed by atoms with Gasteiger partial charge in [-0.15, -0.1) is 24.0 Å². The molecule has 0 atom stereocenters. The van der Waals surface area contributed by atoms with Crippen LogP contribution in [0.1, 0.15) is 5.56 Å². The first-order chi connectivity index (χ1) is 13.2. The average Bonchev–Trinajstić information content (AvgIpc) is 2.71. The van der Waals surface area contributed by atoms with Gasteiger partial charge in [-0.2, -0.15) is 0 Å². The van der Waals surface area contributed by atoms with E-state index in [0.717, 1.165) is 28.9 Å². The Morgan fingerprint density at radius 1 is 1.04 bits per heavy atom. The molecule has 0 aliphatic carbocycles. The standard InChI is InChI=1S/C21H25N5O.HI/c1-27-18-9-6-16(7-10-18)12-13-24-21(22)25-15-14-23-20-11-8-17-4-2-3-5-19(17)26-20;/h2-11H,12-15H2,1H3,(H,23,26)(H3,22,24,25);1H. The van der Waals surface area contributed by atoms with Crippen molar-refractivity contribution in [2.24, 2.45) is 10.7 Å². The maximum absolute atomic E-state index is 5.91. The minimum Gasteiger partial charge on any atom is -0.497 e. The van der Waals surface area contributed by atoms with E-state index in [-0.39, 0.29) is 24.0 Å². The van der Waals surface area contributed by atoms with Crippen LogP contribution in [0.2, 0.25) is 0 Å². The third kappa shape index (κ3) is 6.56. The minimum atomic E-state index is 0. The zero-order chi connectivity index (χ0) is 18.9. The van der Waals surface area contributed by atoms with E-state index >= 15 is 0 Å². The largest absolute Gasteiger partial charge is 0.497 e. The number of hydrogen-bond acceptors (Lipinski definition) is 4. The molecule has 148 valence electrons. The molecule has 2 aromatic carbocycles. The summed E-state index contributed by atoms with van der Waals surface area (Å²) >= 11 is 0. The lowest BCUT2D eigenvalue weighted by atomic mass is 10.1. The Bertz CT molecular complexity index is 899. The number of aromatic nitrogens is 1. The number of hydrogen-bond donors (Lipinski definition) is 3. The first-order valence-electron chi connectivity index (χ1n) is 9.01. The second-order valence-electron chi connectivity index (χ2n) is 6.11. The smallest absolute Gasteiger partial charge is 0.188 e. The van der Waals surface area contributed by atoms with Gasteiger partial charge >= 0.3 is 0 Å². The predicted octanol–water partition coefficient (Wildman–Crippen LogP) is 3.42. The normalized spacial score (nSPS) is 11.0. The second kappa shape index (κ2) is 11.3. The molecule has 4 N–H and O–H groups in total. The van der Waals surface area contributed by atoms with Crippen molar-refractivity contribution in [3.05, 3.63) is 66.2 Å². The van der Waals surface area contributed by atoms with Crippen molar-refractivity contribution in [3.63, 3.8) is 0 Å². The number of guanidine groups is 1. The van der Waals surface area contributed by atoms with Crippen LogP contribution < -0.4 is 21.1 Å². The number of benzene rings is 2. The van der Waals surface area contributed by atoms with Gasteiger partial charge in [-0.25, -0.2) is 4.98 Å². The van der Waals surface area contributed by atoms with Crippen LogP contribution in [0.3, 0.4) is 0 Å². The molecule has 0 aliphatic rings. The van der Waals surface area contributed by atoms with Crippen LogP contribution in [0.15, 0.2) is 65.7 Å². The molecule has 1 aromatic heterocycles. The molecule has 3 aromatic rings. The topological polar surface area (TPSA) is 84.6 Å². The number of nitrogens with one attached hydrogen (secondary N) is 2. The minimum absolute atomic E-state index is 0. The third-order valence-corrected chi connectivity index (χ3v) is 4.18. The Balaban J connectivity index is 0.00000280. The molecule has 3 rings (SSSR count). The number of para-hydroxylation sites is 1. The van der Waals surface area contributed by atoms with Crippen LogP contribution in [0.4, 0.5) is 5.82 Å². The number of halogens is 1. The molecule has 0 amide bonds. The summed E-state index contributed by atoms with van der Waals surface area (Å²) in [6.07, 6.45) is 0.839. The Kier molecular flexibility index (Phi) is 8.80. The van der Waals surface area contributed by atoms with Crippen LogP contribution in [0, 0.1) is 0 Å². The van der Waals surface area contributed by atoms with Crippen LogP contribution in [-0.2, 0) is 6.42 Å². The van der Waals surface area contributed by atoms with Crippen molar-refractivity contribution in [3.8, 4) is 5.75 Å². The molecule has 0 radical (unpaired) electrons. The van der Waals surface area contributed by atoms with Gasteiger partial charge in [-0.1, -0.05) is 30.3 Å². The van der Waals surface area contributed by atoms with Crippen molar-refractivity contribution < 1.29 is 4.74 Å². The van der Waals surface area contributed by atoms with Gasteiger partial charge in [0.05, 0.1) is 12.6 Å². The highest BCUT2D eigenvalue weighted by molar-refractivity contribution is 14.0. The van der Waals surface area contributed by atoms with E-state index in [4.69, 9.17) is 10.5 Å². The Labute approximate surface area is 182 Å². The molecule has 0 saturated heterocycles. The van der Waals surface area contributed by atoms with E-state index in [1.54, 1.807) is 7.11 Å². The average molecular weight is 491 g/mol. The van der Waals surface area contributed by atoms with E-state index < -0.39 is 0 Å². The number of methoxy groups -OCH3 is 1. The lowest BCUT2D eigenvalue weighted by Gasteiger charge is -2.08. The highest BCUT2D eigenvalue weighted by Gasteiger charge is 1.98. The monoisotopic (exact) mass is 491 g/mol. The van der Waals surface area contributed by atoms with Crippen molar-refractivity contribution in [2.75, 3.05) is 32.1 Å². The van der Waals surface area contributed by atoms with E-state index in [9.17, 15) is 0 Å². The molecule has 1 heterocycles. The lowest BCUT2D eigenvalue weighted by molar-refractivity contribution is 0.414. The van der Waals surface area contributed by atoms with Crippen molar-refractivity contribution in [1.82, 2.24) is 10.3 Å². The maximum Gasteiger partial charge on any atom is 0.188 e. The zero-order valence-corrected chi connectivity index (χ0v) is 18.2. The summed E-state index contributed by atoms with van der Waals surface area (Å²) in [5.41, 5.74) is 8.10. The number of ether oxygens (including phenoxy) is 1. The zero-order valence-electron chi connectivity index (χ0n) is 15.9. The number of nitrogens with zero attached hydrogens (tertiary/aromatic N) is 2. The van der Waals surface area contributed by atoms with Gasteiger partial charge in [-0.05, 0) is 42.3 Å². The van der Waals surface area contributed by atoms with Crippen LogP contribution in [0.25, 0.3) is 10.9 Å². The van der Waals surface area contributed by atoms with Gasteiger partial charge < -0.3 is 21.1 Å². The fourth-order valence-electron chi connectivity index (χ4n) is 2.70. The summed E-state index contributed by atoms with van der Waals surface area (Å²) in [7, 11) is 1.66. The molecule has 0 spiro atoms. The predicted molar refractivity (Wildman–Crippen MR) is 127 cm³/mol. The van der Waals surface area contributed by atoms with Gasteiger partial charge in [0.15, 0.2) is 5.96 Å². The molecule has 7 heteroatoms. The Hall–Kier alpha value is -2.55. The highest BCUT2D eigenvalue weighted by Crippen LogP contribution is 2.14. The molecule has 6 nitrogen and oxygen atoms in total. The molecular formula is C21H26IN5O. The summed E-state index contributed by atoms with van der Waals surface area (Å²) in [6.45, 7) is 2.03. The van der Waals surface area contributed by atoms with Gasteiger partial charge in [0.2, 0.25) is 0 Å². The van der Waals surface area contributed by atoms with Gasteiger partial charge in [-0.3, -0.25) is 4.99 Å². The first kappa shape index (κ1) is 21.7. The molecule has 0 fully saturated rings. The quantitative estimate of drug-likeness (QED) is 0.195. The first-order valence-corrected chi connectivity index (χ1v) is 9.01. The van der Waals surface area contributed by atoms with Crippen LogP contribution in [0.5, 0.6) is 5.75 Å². The Morgan fingerprint density at radius 3 is 2.61 bits per heavy atom. The maximum atomic E-state index is 5.91. The molecule has 0 unspecified atom stereocenters. The van der Waals surface area contributed by atoms with Crippen LogP contribution >= 0.6 is 24.0 Å². The SMILES string of the molecule is COc1ccc(CCN=C(N)NCCNc2ccc3ccccc3n2)cc1.I. The number of nitrogens with two attached hydrogens (primary N) is 1. The number of pyridine rings is 1. The van der Waals surface area contributed by atoms with Crippen molar-refractivity contribution in [2.45, 2.75) is 6.42 Å². The molecular weight excluding hydrogens is 465 g/mol. The second-order valence-corrected chi connectivity index (χ2v) is 6.11. The van der Waals surface area contributed by atoms with Gasteiger partial charge in [0.1, 0.15) is 11.6 Å². The van der Waals surface area contributed by atoms with Crippen LogP contribution in [-0.4, -0.2) is 37.7 Å². The summed E-state index contributed by atoms with van der Waals surface area (Å²) in [5.74, 6) is 2.17. The molecule has 0 aliphatic heterocycles. The number of aliphatic imine (C=N–C) groups is 1. The van der Waals surface area contributed by atoms with E-state index in [1.807, 2.05) is 48.5 Å². The molecule has 0 saturated carbocycles. The molecule has 0 bridgehead atoms. The van der Waals surface area contributed by atoms with Gasteiger partial charge in [0, 0.05) is 25.0 Å².